The number of hydrogen-bond acceptors (Lipinski definition) is 5. The van der Waals surface area contributed by atoms with Crippen LogP contribution in [0.2, 0.25) is 0 Å². The molecular weight excluding hydrogens is 224 g/mol. The average molecular weight is 240 g/mol. The van der Waals surface area contributed by atoms with Crippen molar-refractivity contribution in [2.24, 2.45) is 5.73 Å². The molecule has 1 rings (SSSR count). The summed E-state index contributed by atoms with van der Waals surface area (Å²) in [4.78, 5) is 24.4. The molecule has 0 bridgehead atoms. The van der Waals surface area contributed by atoms with Gasteiger partial charge in [-0.2, -0.15) is 0 Å². The van der Waals surface area contributed by atoms with Gasteiger partial charge in [0.1, 0.15) is 0 Å². The Labute approximate surface area is 99.3 Å². The standard InChI is InChI=1S/C11H16N2O4/c1-3-17-11(15)9(12)10(14)13(2)6-8-4-5-16-7-8/h4-5,7,9H,3,6,12H2,1-2H3. The minimum atomic E-state index is -1.27. The zero-order valence-electron chi connectivity index (χ0n) is 9.88. The molecule has 0 aliphatic rings. The van der Waals surface area contributed by atoms with E-state index in [0.29, 0.717) is 6.54 Å². The molecule has 1 aromatic rings. The predicted molar refractivity (Wildman–Crippen MR) is 59.8 cm³/mol. The van der Waals surface area contributed by atoms with Crippen molar-refractivity contribution in [3.63, 3.8) is 0 Å². The summed E-state index contributed by atoms with van der Waals surface area (Å²) in [7, 11) is 1.56. The average Bonchev–Trinajstić information content (AvgIpc) is 2.80. The number of esters is 1. The molecule has 17 heavy (non-hydrogen) atoms. The molecule has 0 saturated carbocycles. The molecule has 0 fully saturated rings. The largest absolute Gasteiger partial charge is 0.472 e. The summed E-state index contributed by atoms with van der Waals surface area (Å²) < 4.78 is 9.56. The minimum Gasteiger partial charge on any atom is -0.472 e. The van der Waals surface area contributed by atoms with Gasteiger partial charge in [0.2, 0.25) is 0 Å². The monoisotopic (exact) mass is 240 g/mol. The maximum absolute atomic E-state index is 11.8. The molecule has 0 radical (unpaired) electrons. The Morgan fingerprint density at radius 2 is 2.29 bits per heavy atom. The minimum absolute atomic E-state index is 0.200. The lowest BCUT2D eigenvalue weighted by Crippen LogP contribution is -2.47. The summed E-state index contributed by atoms with van der Waals surface area (Å²) in [6.07, 6.45) is 3.04. The second-order valence-corrected chi connectivity index (χ2v) is 3.56. The van der Waals surface area contributed by atoms with Crippen molar-refractivity contribution < 1.29 is 18.7 Å². The van der Waals surface area contributed by atoms with E-state index in [9.17, 15) is 9.59 Å². The summed E-state index contributed by atoms with van der Waals surface area (Å²) in [5, 5.41) is 0. The maximum atomic E-state index is 11.8. The van der Waals surface area contributed by atoms with Crippen molar-refractivity contribution in [2.75, 3.05) is 13.7 Å². The Hall–Kier alpha value is -1.82. The van der Waals surface area contributed by atoms with Gasteiger partial charge in [-0.05, 0) is 13.0 Å². The quantitative estimate of drug-likeness (QED) is 0.584. The number of likely N-dealkylation sites (N-methyl/N-ethyl adjacent to an activating group) is 1. The first kappa shape index (κ1) is 13.2. The van der Waals surface area contributed by atoms with E-state index in [1.165, 1.54) is 17.4 Å². The second kappa shape index (κ2) is 6.05. The Morgan fingerprint density at radius 3 is 2.82 bits per heavy atom. The van der Waals surface area contributed by atoms with Crippen LogP contribution in [0.25, 0.3) is 0 Å². The fraction of sp³-hybridized carbons (Fsp3) is 0.455. The SMILES string of the molecule is CCOC(=O)C(N)C(=O)N(C)Cc1ccoc1. The number of hydrogen-bond donors (Lipinski definition) is 1. The first-order valence-corrected chi connectivity index (χ1v) is 5.24. The van der Waals surface area contributed by atoms with Crippen LogP contribution < -0.4 is 5.73 Å². The molecule has 1 heterocycles. The van der Waals surface area contributed by atoms with Gasteiger partial charge in [0, 0.05) is 19.2 Å². The Morgan fingerprint density at radius 1 is 1.59 bits per heavy atom. The molecule has 1 amide bonds. The normalized spacial score (nSPS) is 11.9. The third kappa shape index (κ3) is 3.60. The van der Waals surface area contributed by atoms with Crippen LogP contribution >= 0.6 is 0 Å². The van der Waals surface area contributed by atoms with E-state index in [2.05, 4.69) is 4.74 Å². The lowest BCUT2D eigenvalue weighted by atomic mass is 10.2. The van der Waals surface area contributed by atoms with Gasteiger partial charge in [-0.15, -0.1) is 0 Å². The molecule has 0 saturated heterocycles. The van der Waals surface area contributed by atoms with Crippen molar-refractivity contribution in [1.82, 2.24) is 4.90 Å². The first-order valence-electron chi connectivity index (χ1n) is 5.24. The number of ether oxygens (including phenoxy) is 1. The zero-order valence-corrected chi connectivity index (χ0v) is 9.88. The molecule has 2 N–H and O–H groups in total. The topological polar surface area (TPSA) is 85.8 Å². The molecule has 0 spiro atoms. The van der Waals surface area contributed by atoms with Crippen LogP contribution in [0.4, 0.5) is 0 Å². The summed E-state index contributed by atoms with van der Waals surface area (Å²) in [6.45, 7) is 2.19. The summed E-state index contributed by atoms with van der Waals surface area (Å²) in [5.41, 5.74) is 6.32. The van der Waals surface area contributed by atoms with Gasteiger partial charge in [-0.1, -0.05) is 0 Å². The number of carbonyl (C=O) groups excluding carboxylic acids is 2. The molecule has 1 unspecified atom stereocenters. The fourth-order valence-electron chi connectivity index (χ4n) is 1.30. The van der Waals surface area contributed by atoms with Crippen LogP contribution in [0.5, 0.6) is 0 Å². The Kier molecular flexibility index (Phi) is 4.71. The molecule has 1 aromatic heterocycles. The van der Waals surface area contributed by atoms with E-state index in [-0.39, 0.29) is 6.61 Å². The number of carbonyl (C=O) groups is 2. The smallest absolute Gasteiger partial charge is 0.332 e. The van der Waals surface area contributed by atoms with Crippen molar-refractivity contribution in [1.29, 1.82) is 0 Å². The van der Waals surface area contributed by atoms with E-state index in [1.54, 1.807) is 20.0 Å². The van der Waals surface area contributed by atoms with Crippen molar-refractivity contribution >= 4 is 11.9 Å². The van der Waals surface area contributed by atoms with Crippen LogP contribution in [0.3, 0.4) is 0 Å². The van der Waals surface area contributed by atoms with Gasteiger partial charge >= 0.3 is 5.97 Å². The molecule has 94 valence electrons. The summed E-state index contributed by atoms with van der Waals surface area (Å²) in [6, 6.07) is 0.464. The van der Waals surface area contributed by atoms with E-state index in [1.807, 2.05) is 0 Å². The van der Waals surface area contributed by atoms with Crippen molar-refractivity contribution in [2.45, 2.75) is 19.5 Å². The second-order valence-electron chi connectivity index (χ2n) is 3.56. The highest BCUT2D eigenvalue weighted by atomic mass is 16.5. The number of nitrogens with zero attached hydrogens (tertiary/aromatic N) is 1. The molecule has 0 aliphatic carbocycles. The highest BCUT2D eigenvalue weighted by Crippen LogP contribution is 2.05. The van der Waals surface area contributed by atoms with Gasteiger partial charge in [-0.25, -0.2) is 4.79 Å². The lowest BCUT2D eigenvalue weighted by molar-refractivity contribution is -0.150. The molecule has 6 nitrogen and oxygen atoms in total. The van der Waals surface area contributed by atoms with Gasteiger partial charge in [0.25, 0.3) is 5.91 Å². The van der Waals surface area contributed by atoms with E-state index in [4.69, 9.17) is 10.2 Å². The maximum Gasteiger partial charge on any atom is 0.332 e. The number of rotatable bonds is 5. The Bertz CT molecular complexity index is 375. The molecule has 1 atom stereocenters. The van der Waals surface area contributed by atoms with Crippen molar-refractivity contribution in [3.8, 4) is 0 Å². The van der Waals surface area contributed by atoms with Gasteiger partial charge < -0.3 is 19.8 Å². The van der Waals surface area contributed by atoms with Crippen LogP contribution in [0, 0.1) is 0 Å². The van der Waals surface area contributed by atoms with Crippen LogP contribution in [-0.4, -0.2) is 36.5 Å². The highest BCUT2D eigenvalue weighted by molar-refractivity contribution is 6.01. The molecular formula is C11H16N2O4. The molecule has 0 aliphatic heterocycles. The van der Waals surface area contributed by atoms with Crippen LogP contribution in [-0.2, 0) is 20.9 Å². The summed E-state index contributed by atoms with van der Waals surface area (Å²) >= 11 is 0. The zero-order chi connectivity index (χ0) is 12.8. The van der Waals surface area contributed by atoms with E-state index < -0.39 is 17.9 Å². The van der Waals surface area contributed by atoms with Gasteiger partial charge in [0.15, 0.2) is 6.04 Å². The van der Waals surface area contributed by atoms with Crippen molar-refractivity contribution in [3.05, 3.63) is 24.2 Å². The summed E-state index contributed by atoms with van der Waals surface area (Å²) in [5.74, 6) is -1.19. The van der Waals surface area contributed by atoms with Crippen LogP contribution in [0.1, 0.15) is 12.5 Å². The number of furan rings is 1. The number of nitrogens with two attached hydrogens (primary N) is 1. The van der Waals surface area contributed by atoms with E-state index >= 15 is 0 Å². The highest BCUT2D eigenvalue weighted by Gasteiger charge is 2.26. The third-order valence-corrected chi connectivity index (χ3v) is 2.18. The number of amides is 1. The van der Waals surface area contributed by atoms with E-state index in [0.717, 1.165) is 5.56 Å². The van der Waals surface area contributed by atoms with Gasteiger partial charge in [-0.3, -0.25) is 4.79 Å². The third-order valence-electron chi connectivity index (χ3n) is 2.18. The Balaban J connectivity index is 2.54. The fourth-order valence-corrected chi connectivity index (χ4v) is 1.30. The predicted octanol–water partition coefficient (Wildman–Crippen LogP) is 0.128. The van der Waals surface area contributed by atoms with Crippen LogP contribution in [0.15, 0.2) is 23.0 Å². The lowest BCUT2D eigenvalue weighted by Gasteiger charge is -2.19. The van der Waals surface area contributed by atoms with Gasteiger partial charge in [0.05, 0.1) is 19.1 Å². The molecule has 0 aromatic carbocycles. The molecule has 6 heteroatoms. The first-order chi connectivity index (χ1) is 8.06.